The van der Waals surface area contributed by atoms with Crippen LogP contribution in [0.25, 0.3) is 0 Å². The lowest BCUT2D eigenvalue weighted by Crippen LogP contribution is -2.12. The molecule has 0 saturated heterocycles. The second-order valence-corrected chi connectivity index (χ2v) is 4.25. The van der Waals surface area contributed by atoms with E-state index in [-0.39, 0.29) is 16.7 Å². The van der Waals surface area contributed by atoms with E-state index in [2.05, 4.69) is 0 Å². The minimum atomic E-state index is -0.385. The number of aryl methyl sites for hydroxylation is 1. The average Bonchev–Trinajstić information content (AvgIpc) is 2.70. The summed E-state index contributed by atoms with van der Waals surface area (Å²) in [5, 5.41) is 10.8. The highest BCUT2D eigenvalue weighted by atomic mass is 16.6. The molecule has 16 heavy (non-hydrogen) atoms. The van der Waals surface area contributed by atoms with Gasteiger partial charge in [0.15, 0.2) is 5.75 Å². The molecule has 0 radical (unpaired) electrons. The van der Waals surface area contributed by atoms with Crippen molar-refractivity contribution >= 4 is 5.69 Å². The van der Waals surface area contributed by atoms with Crippen LogP contribution in [-0.4, -0.2) is 11.0 Å². The summed E-state index contributed by atoms with van der Waals surface area (Å²) in [7, 11) is 0. The van der Waals surface area contributed by atoms with Gasteiger partial charge in [-0.05, 0) is 44.2 Å². The molecule has 0 bridgehead atoms. The Balaban J connectivity index is 2.22. The van der Waals surface area contributed by atoms with E-state index in [1.165, 1.54) is 6.07 Å². The lowest BCUT2D eigenvalue weighted by atomic mass is 10.2. The molecule has 0 unspecified atom stereocenters. The fraction of sp³-hybridized carbons (Fsp3) is 0.500. The van der Waals surface area contributed by atoms with Crippen molar-refractivity contribution in [2.45, 2.75) is 38.7 Å². The monoisotopic (exact) mass is 221 g/mol. The summed E-state index contributed by atoms with van der Waals surface area (Å²) < 4.78 is 5.71. The molecule has 1 aliphatic carbocycles. The van der Waals surface area contributed by atoms with Gasteiger partial charge in [0.2, 0.25) is 0 Å². The Hall–Kier alpha value is -1.58. The van der Waals surface area contributed by atoms with Crippen LogP contribution < -0.4 is 4.74 Å². The Kier molecular flexibility index (Phi) is 3.08. The van der Waals surface area contributed by atoms with Crippen molar-refractivity contribution in [3.05, 3.63) is 33.9 Å². The zero-order chi connectivity index (χ0) is 11.5. The maximum atomic E-state index is 10.8. The van der Waals surface area contributed by atoms with E-state index in [0.717, 1.165) is 31.2 Å². The van der Waals surface area contributed by atoms with Crippen LogP contribution >= 0.6 is 0 Å². The molecule has 0 aliphatic heterocycles. The normalized spacial score (nSPS) is 16.3. The standard InChI is InChI=1S/C12H15NO3/c1-9-6-7-11(13(14)15)12(8-9)16-10-4-2-3-5-10/h6-8,10H,2-5H2,1H3. The molecule has 1 aromatic rings. The SMILES string of the molecule is Cc1ccc([N+](=O)[O-])c(OC2CCCC2)c1. The molecule has 0 N–H and O–H groups in total. The van der Waals surface area contributed by atoms with Gasteiger partial charge in [0.05, 0.1) is 11.0 Å². The third-order valence-electron chi connectivity index (χ3n) is 2.91. The summed E-state index contributed by atoms with van der Waals surface area (Å²) in [6.07, 6.45) is 4.48. The first kappa shape index (κ1) is 10.9. The number of nitro groups is 1. The van der Waals surface area contributed by atoms with Crippen LogP contribution in [0.3, 0.4) is 0 Å². The van der Waals surface area contributed by atoms with Crippen LogP contribution in [-0.2, 0) is 0 Å². The molecular weight excluding hydrogens is 206 g/mol. The first-order valence-corrected chi connectivity index (χ1v) is 5.58. The van der Waals surface area contributed by atoms with Crippen LogP contribution in [0.4, 0.5) is 5.69 Å². The molecule has 1 saturated carbocycles. The summed E-state index contributed by atoms with van der Waals surface area (Å²) in [4.78, 5) is 10.4. The molecule has 86 valence electrons. The highest BCUT2D eigenvalue weighted by Gasteiger charge is 2.21. The quantitative estimate of drug-likeness (QED) is 0.581. The second-order valence-electron chi connectivity index (χ2n) is 4.25. The predicted molar refractivity (Wildman–Crippen MR) is 60.7 cm³/mol. The Labute approximate surface area is 94.4 Å². The van der Waals surface area contributed by atoms with Crippen LogP contribution in [0.1, 0.15) is 31.2 Å². The Morgan fingerprint density at radius 3 is 2.69 bits per heavy atom. The van der Waals surface area contributed by atoms with Gasteiger partial charge in [-0.25, -0.2) is 0 Å². The average molecular weight is 221 g/mol. The molecule has 0 atom stereocenters. The van der Waals surface area contributed by atoms with Gasteiger partial charge in [0, 0.05) is 6.07 Å². The summed E-state index contributed by atoms with van der Waals surface area (Å²) in [5.41, 5.74) is 1.05. The van der Waals surface area contributed by atoms with Crippen molar-refractivity contribution in [2.24, 2.45) is 0 Å². The number of ether oxygens (including phenoxy) is 1. The van der Waals surface area contributed by atoms with Crippen molar-refractivity contribution in [2.75, 3.05) is 0 Å². The third-order valence-corrected chi connectivity index (χ3v) is 2.91. The van der Waals surface area contributed by atoms with Crippen LogP contribution in [0.2, 0.25) is 0 Å². The van der Waals surface area contributed by atoms with Gasteiger partial charge < -0.3 is 4.74 Å². The largest absolute Gasteiger partial charge is 0.483 e. The lowest BCUT2D eigenvalue weighted by molar-refractivity contribution is -0.386. The van der Waals surface area contributed by atoms with Crippen LogP contribution in [0.5, 0.6) is 5.75 Å². The second kappa shape index (κ2) is 4.51. The fourth-order valence-corrected chi connectivity index (χ4v) is 2.05. The molecule has 0 aromatic heterocycles. The summed E-state index contributed by atoms with van der Waals surface area (Å²) in [6.45, 7) is 1.91. The molecule has 1 aromatic carbocycles. The molecular formula is C12H15NO3. The number of hydrogen-bond donors (Lipinski definition) is 0. The van der Waals surface area contributed by atoms with Gasteiger partial charge in [0.25, 0.3) is 0 Å². The zero-order valence-electron chi connectivity index (χ0n) is 9.31. The van der Waals surface area contributed by atoms with Gasteiger partial charge in [-0.2, -0.15) is 0 Å². The smallest absolute Gasteiger partial charge is 0.310 e. The molecule has 4 nitrogen and oxygen atoms in total. The van der Waals surface area contributed by atoms with Crippen LogP contribution in [0.15, 0.2) is 18.2 Å². The molecule has 1 aliphatic rings. The number of nitro benzene ring substituents is 1. The van der Waals surface area contributed by atoms with Crippen molar-refractivity contribution < 1.29 is 9.66 Å². The summed E-state index contributed by atoms with van der Waals surface area (Å²) >= 11 is 0. The van der Waals surface area contributed by atoms with Crippen LogP contribution in [0, 0.1) is 17.0 Å². The maximum absolute atomic E-state index is 10.8. The molecule has 2 rings (SSSR count). The van der Waals surface area contributed by atoms with Crippen molar-refractivity contribution in [1.82, 2.24) is 0 Å². The van der Waals surface area contributed by atoms with E-state index in [1.807, 2.05) is 6.92 Å². The number of nitrogens with zero attached hydrogens (tertiary/aromatic N) is 1. The van der Waals surface area contributed by atoms with Gasteiger partial charge in [0.1, 0.15) is 0 Å². The topological polar surface area (TPSA) is 52.4 Å². The van der Waals surface area contributed by atoms with Gasteiger partial charge >= 0.3 is 5.69 Å². The summed E-state index contributed by atoms with van der Waals surface area (Å²) in [6, 6.07) is 5.00. The molecule has 0 spiro atoms. The summed E-state index contributed by atoms with van der Waals surface area (Å²) in [5.74, 6) is 0.414. The predicted octanol–water partition coefficient (Wildman–Crippen LogP) is 3.22. The molecule has 0 heterocycles. The minimum absolute atomic E-state index is 0.0671. The highest BCUT2D eigenvalue weighted by Crippen LogP contribution is 2.31. The molecule has 4 heteroatoms. The fourth-order valence-electron chi connectivity index (χ4n) is 2.05. The minimum Gasteiger partial charge on any atom is -0.483 e. The first-order valence-electron chi connectivity index (χ1n) is 5.58. The zero-order valence-corrected chi connectivity index (χ0v) is 9.31. The van der Waals surface area contributed by atoms with E-state index in [4.69, 9.17) is 4.74 Å². The van der Waals surface area contributed by atoms with E-state index in [1.54, 1.807) is 12.1 Å². The third kappa shape index (κ3) is 2.32. The van der Waals surface area contributed by atoms with E-state index in [9.17, 15) is 10.1 Å². The first-order chi connectivity index (χ1) is 7.66. The maximum Gasteiger partial charge on any atom is 0.310 e. The Bertz CT molecular complexity index is 397. The van der Waals surface area contributed by atoms with Gasteiger partial charge in [-0.3, -0.25) is 10.1 Å². The molecule has 1 fully saturated rings. The van der Waals surface area contributed by atoms with Crippen molar-refractivity contribution in [1.29, 1.82) is 0 Å². The Morgan fingerprint density at radius 2 is 2.06 bits per heavy atom. The van der Waals surface area contributed by atoms with Crippen molar-refractivity contribution in [3.63, 3.8) is 0 Å². The molecule has 0 amide bonds. The van der Waals surface area contributed by atoms with E-state index in [0.29, 0.717) is 5.75 Å². The lowest BCUT2D eigenvalue weighted by Gasteiger charge is -2.13. The highest BCUT2D eigenvalue weighted by molar-refractivity contribution is 5.48. The van der Waals surface area contributed by atoms with Gasteiger partial charge in [-0.15, -0.1) is 0 Å². The van der Waals surface area contributed by atoms with Gasteiger partial charge in [-0.1, -0.05) is 6.07 Å². The van der Waals surface area contributed by atoms with E-state index >= 15 is 0 Å². The van der Waals surface area contributed by atoms with Crippen molar-refractivity contribution in [3.8, 4) is 5.75 Å². The number of benzene rings is 1. The number of hydrogen-bond acceptors (Lipinski definition) is 3. The Morgan fingerprint density at radius 1 is 1.38 bits per heavy atom. The van der Waals surface area contributed by atoms with E-state index < -0.39 is 0 Å². The number of rotatable bonds is 3.